The molecule has 0 saturated carbocycles. The van der Waals surface area contributed by atoms with Crippen LogP contribution in [0, 0.1) is 0 Å². The van der Waals surface area contributed by atoms with Crippen molar-refractivity contribution in [2.24, 2.45) is 0 Å². The van der Waals surface area contributed by atoms with Crippen LogP contribution in [0.5, 0.6) is 5.75 Å². The highest BCUT2D eigenvalue weighted by Crippen LogP contribution is 2.32. The summed E-state index contributed by atoms with van der Waals surface area (Å²) >= 11 is 1.60. The van der Waals surface area contributed by atoms with E-state index in [1.807, 2.05) is 23.7 Å². The van der Waals surface area contributed by atoms with E-state index in [0.29, 0.717) is 5.82 Å². The first-order chi connectivity index (χ1) is 10.3. The normalized spacial score (nSPS) is 11.0. The minimum Gasteiger partial charge on any atom is -0.508 e. The largest absolute Gasteiger partial charge is 0.508 e. The molecule has 0 radical (unpaired) electrons. The fourth-order valence-electron chi connectivity index (χ4n) is 2.21. The maximum absolute atomic E-state index is 9.63. The van der Waals surface area contributed by atoms with E-state index in [0.717, 1.165) is 27.0 Å². The standard InChI is InChI=1S/C15H10N4OS/c20-11-3-1-2-9(6-11)15-18-12-4-5-21-14(12)13(19-15)10-7-16-17-8-10/h1-8,20H,(H,16,17). The van der Waals surface area contributed by atoms with E-state index < -0.39 is 0 Å². The summed E-state index contributed by atoms with van der Waals surface area (Å²) in [6.07, 6.45) is 3.56. The second kappa shape index (κ2) is 4.68. The molecular formula is C15H10N4OS. The summed E-state index contributed by atoms with van der Waals surface area (Å²) in [7, 11) is 0. The number of H-pyrrole nitrogens is 1. The summed E-state index contributed by atoms with van der Waals surface area (Å²) in [4.78, 5) is 9.23. The number of hydrogen-bond acceptors (Lipinski definition) is 5. The molecular weight excluding hydrogens is 284 g/mol. The molecule has 5 nitrogen and oxygen atoms in total. The Labute approximate surface area is 123 Å². The average Bonchev–Trinajstić information content (AvgIpc) is 3.17. The minimum atomic E-state index is 0.200. The van der Waals surface area contributed by atoms with Crippen molar-refractivity contribution in [3.05, 3.63) is 48.1 Å². The summed E-state index contributed by atoms with van der Waals surface area (Å²) in [6.45, 7) is 0. The van der Waals surface area contributed by atoms with Gasteiger partial charge < -0.3 is 5.11 Å². The molecule has 102 valence electrons. The second-order valence-corrected chi connectivity index (χ2v) is 5.48. The van der Waals surface area contributed by atoms with Crippen molar-refractivity contribution in [3.63, 3.8) is 0 Å². The van der Waals surface area contributed by atoms with Crippen molar-refractivity contribution in [1.29, 1.82) is 0 Å². The molecule has 0 unspecified atom stereocenters. The monoisotopic (exact) mass is 294 g/mol. The smallest absolute Gasteiger partial charge is 0.160 e. The first kappa shape index (κ1) is 12.0. The van der Waals surface area contributed by atoms with Gasteiger partial charge in [0.05, 0.1) is 22.1 Å². The predicted octanol–water partition coefficient (Wildman–Crippen LogP) is 3.45. The maximum Gasteiger partial charge on any atom is 0.160 e. The van der Waals surface area contributed by atoms with Crippen LogP contribution in [0.1, 0.15) is 0 Å². The lowest BCUT2D eigenvalue weighted by Gasteiger charge is -2.05. The summed E-state index contributed by atoms with van der Waals surface area (Å²) in [6, 6.07) is 8.92. The van der Waals surface area contributed by atoms with Crippen LogP contribution in [0.3, 0.4) is 0 Å². The van der Waals surface area contributed by atoms with E-state index in [2.05, 4.69) is 20.2 Å². The molecule has 0 aliphatic rings. The summed E-state index contributed by atoms with van der Waals surface area (Å²) < 4.78 is 1.03. The quantitative estimate of drug-likeness (QED) is 0.593. The van der Waals surface area contributed by atoms with E-state index >= 15 is 0 Å². The van der Waals surface area contributed by atoms with E-state index in [1.54, 1.807) is 35.7 Å². The van der Waals surface area contributed by atoms with Crippen LogP contribution in [-0.4, -0.2) is 25.3 Å². The SMILES string of the molecule is Oc1cccc(-c2nc(-c3cn[nH]c3)c3sccc3n2)c1. The van der Waals surface area contributed by atoms with Crippen molar-refractivity contribution in [1.82, 2.24) is 20.2 Å². The van der Waals surface area contributed by atoms with Gasteiger partial charge in [-0.25, -0.2) is 9.97 Å². The highest BCUT2D eigenvalue weighted by atomic mass is 32.1. The summed E-state index contributed by atoms with van der Waals surface area (Å²) in [5.74, 6) is 0.791. The van der Waals surface area contributed by atoms with Gasteiger partial charge in [0, 0.05) is 17.3 Å². The Morgan fingerprint density at radius 3 is 2.86 bits per heavy atom. The van der Waals surface area contributed by atoms with E-state index in [9.17, 15) is 5.11 Å². The van der Waals surface area contributed by atoms with Crippen LogP contribution >= 0.6 is 11.3 Å². The molecule has 6 heteroatoms. The molecule has 4 rings (SSSR count). The van der Waals surface area contributed by atoms with Crippen molar-refractivity contribution in [3.8, 4) is 28.4 Å². The lowest BCUT2D eigenvalue weighted by Crippen LogP contribution is -1.92. The third-order valence-electron chi connectivity index (χ3n) is 3.18. The molecule has 0 fully saturated rings. The first-order valence-electron chi connectivity index (χ1n) is 6.35. The molecule has 0 aliphatic heterocycles. The molecule has 0 amide bonds. The number of nitrogens with one attached hydrogen (secondary N) is 1. The number of aromatic hydroxyl groups is 1. The highest BCUT2D eigenvalue weighted by molar-refractivity contribution is 7.17. The Morgan fingerprint density at radius 2 is 2.05 bits per heavy atom. The summed E-state index contributed by atoms with van der Waals surface area (Å²) in [5, 5.41) is 18.4. The molecule has 0 aliphatic carbocycles. The Bertz CT molecular complexity index is 914. The lowest BCUT2D eigenvalue weighted by atomic mass is 10.1. The summed E-state index contributed by atoms with van der Waals surface area (Å²) in [5.41, 5.74) is 3.45. The van der Waals surface area contributed by atoms with Crippen LogP contribution in [0.25, 0.3) is 32.9 Å². The number of hydrogen-bond donors (Lipinski definition) is 2. The van der Waals surface area contributed by atoms with Crippen molar-refractivity contribution >= 4 is 21.6 Å². The Hall–Kier alpha value is -2.73. The number of rotatable bonds is 2. The van der Waals surface area contributed by atoms with Gasteiger partial charge in [0.1, 0.15) is 5.75 Å². The molecule has 0 bridgehead atoms. The number of aromatic amines is 1. The molecule has 4 aromatic rings. The van der Waals surface area contributed by atoms with Crippen molar-refractivity contribution < 1.29 is 5.11 Å². The van der Waals surface area contributed by atoms with Gasteiger partial charge >= 0.3 is 0 Å². The average molecular weight is 294 g/mol. The van der Waals surface area contributed by atoms with Gasteiger partial charge in [-0.3, -0.25) is 5.10 Å². The van der Waals surface area contributed by atoms with Gasteiger partial charge in [-0.15, -0.1) is 11.3 Å². The van der Waals surface area contributed by atoms with Gasteiger partial charge in [0.15, 0.2) is 5.82 Å². The van der Waals surface area contributed by atoms with E-state index in [1.165, 1.54) is 0 Å². The zero-order valence-corrected chi connectivity index (χ0v) is 11.6. The van der Waals surface area contributed by atoms with Gasteiger partial charge in [0.25, 0.3) is 0 Å². The van der Waals surface area contributed by atoms with Crippen LogP contribution in [-0.2, 0) is 0 Å². The molecule has 1 aromatic carbocycles. The third kappa shape index (κ3) is 2.05. The van der Waals surface area contributed by atoms with Crippen LogP contribution < -0.4 is 0 Å². The first-order valence-corrected chi connectivity index (χ1v) is 7.23. The third-order valence-corrected chi connectivity index (χ3v) is 4.09. The van der Waals surface area contributed by atoms with E-state index in [4.69, 9.17) is 0 Å². The molecule has 0 saturated heterocycles. The number of nitrogens with zero attached hydrogens (tertiary/aromatic N) is 3. The molecule has 3 aromatic heterocycles. The number of thiophene rings is 1. The molecule has 2 N–H and O–H groups in total. The fourth-order valence-corrected chi connectivity index (χ4v) is 3.06. The minimum absolute atomic E-state index is 0.200. The molecule has 21 heavy (non-hydrogen) atoms. The van der Waals surface area contributed by atoms with Gasteiger partial charge in [0.2, 0.25) is 0 Å². The van der Waals surface area contributed by atoms with Crippen LogP contribution in [0.15, 0.2) is 48.1 Å². The Morgan fingerprint density at radius 1 is 1.10 bits per heavy atom. The molecule has 0 atom stereocenters. The fraction of sp³-hybridized carbons (Fsp3) is 0. The maximum atomic E-state index is 9.63. The highest BCUT2D eigenvalue weighted by Gasteiger charge is 2.13. The zero-order valence-electron chi connectivity index (χ0n) is 10.8. The zero-order chi connectivity index (χ0) is 14.2. The van der Waals surface area contributed by atoms with Crippen LogP contribution in [0.2, 0.25) is 0 Å². The number of benzene rings is 1. The molecule has 3 heterocycles. The molecule has 0 spiro atoms. The van der Waals surface area contributed by atoms with E-state index in [-0.39, 0.29) is 5.75 Å². The lowest BCUT2D eigenvalue weighted by molar-refractivity contribution is 0.475. The number of phenolic OH excluding ortho intramolecular Hbond substituents is 1. The van der Waals surface area contributed by atoms with Crippen molar-refractivity contribution in [2.75, 3.05) is 0 Å². The Kier molecular flexibility index (Phi) is 2.68. The number of fused-ring (bicyclic) bond motifs is 1. The van der Waals surface area contributed by atoms with Crippen molar-refractivity contribution in [2.45, 2.75) is 0 Å². The topological polar surface area (TPSA) is 74.7 Å². The predicted molar refractivity (Wildman–Crippen MR) is 82.1 cm³/mol. The number of phenols is 1. The number of aromatic nitrogens is 4. The van der Waals surface area contributed by atoms with Crippen LogP contribution in [0.4, 0.5) is 0 Å². The Balaban J connectivity index is 1.99. The van der Waals surface area contributed by atoms with Gasteiger partial charge in [-0.2, -0.15) is 5.10 Å². The second-order valence-electron chi connectivity index (χ2n) is 4.57. The van der Waals surface area contributed by atoms with Gasteiger partial charge in [-0.1, -0.05) is 12.1 Å². The van der Waals surface area contributed by atoms with Gasteiger partial charge in [-0.05, 0) is 23.6 Å².